The van der Waals surface area contributed by atoms with Crippen molar-refractivity contribution >= 4 is 11.9 Å². The second kappa shape index (κ2) is 7.99. The predicted octanol–water partition coefficient (Wildman–Crippen LogP) is -2.56. The van der Waals surface area contributed by atoms with Gasteiger partial charge in [0.2, 0.25) is 5.91 Å². The van der Waals surface area contributed by atoms with Crippen molar-refractivity contribution in [1.82, 2.24) is 5.32 Å². The average Bonchev–Trinajstić information content (AvgIpc) is 2.51. The van der Waals surface area contributed by atoms with E-state index >= 15 is 0 Å². The Bertz CT molecular complexity index is 432. The van der Waals surface area contributed by atoms with Crippen molar-refractivity contribution in [2.75, 3.05) is 20.8 Å². The van der Waals surface area contributed by atoms with E-state index in [2.05, 4.69) is 5.32 Å². The van der Waals surface area contributed by atoms with Crippen LogP contribution in [0.1, 0.15) is 13.3 Å². The Hall–Kier alpha value is -1.30. The third kappa shape index (κ3) is 4.16. The molecule has 0 aromatic heterocycles. The lowest BCUT2D eigenvalue weighted by Crippen LogP contribution is -2.67. The topological polar surface area (TPSA) is 155 Å². The first-order valence-electron chi connectivity index (χ1n) is 6.95. The molecule has 10 nitrogen and oxygen atoms in total. The minimum Gasteiger partial charge on any atom is -0.477 e. The van der Waals surface area contributed by atoms with Gasteiger partial charge in [0.15, 0.2) is 0 Å². The average molecular weight is 337 g/mol. The third-order valence-electron chi connectivity index (χ3n) is 3.77. The number of aliphatic hydroxyl groups is 3. The second-order valence-corrected chi connectivity index (χ2v) is 5.30. The van der Waals surface area contributed by atoms with Crippen LogP contribution < -0.4 is 5.32 Å². The Balaban J connectivity index is 3.21. The highest BCUT2D eigenvalue weighted by molar-refractivity contribution is 5.77. The van der Waals surface area contributed by atoms with Gasteiger partial charge in [0.25, 0.3) is 5.79 Å². The molecule has 0 aromatic carbocycles. The fourth-order valence-corrected chi connectivity index (χ4v) is 2.61. The summed E-state index contributed by atoms with van der Waals surface area (Å²) in [6, 6.07) is -0.854. The highest BCUT2D eigenvalue weighted by atomic mass is 16.7. The fraction of sp³-hybridized carbons (Fsp3) is 0.846. The number of carboxylic acids is 1. The number of ether oxygens (including phenoxy) is 3. The van der Waals surface area contributed by atoms with Gasteiger partial charge < -0.3 is 40.0 Å². The molecule has 5 N–H and O–H groups in total. The summed E-state index contributed by atoms with van der Waals surface area (Å²) in [7, 11) is 2.40. The van der Waals surface area contributed by atoms with Crippen molar-refractivity contribution in [2.24, 2.45) is 0 Å². The minimum absolute atomic E-state index is 0.268. The van der Waals surface area contributed by atoms with E-state index in [1.54, 1.807) is 0 Å². The lowest BCUT2D eigenvalue weighted by atomic mass is 9.88. The molecule has 0 aliphatic carbocycles. The molecular formula is C13H23NO9. The third-order valence-corrected chi connectivity index (χ3v) is 3.77. The van der Waals surface area contributed by atoms with E-state index in [1.807, 2.05) is 0 Å². The van der Waals surface area contributed by atoms with Crippen LogP contribution in [0.2, 0.25) is 0 Å². The van der Waals surface area contributed by atoms with E-state index in [1.165, 1.54) is 14.0 Å². The molecular weight excluding hydrogens is 314 g/mol. The molecule has 1 aliphatic rings. The van der Waals surface area contributed by atoms with Crippen LogP contribution in [0, 0.1) is 0 Å². The van der Waals surface area contributed by atoms with Crippen molar-refractivity contribution < 1.29 is 44.2 Å². The molecule has 134 valence electrons. The maximum Gasteiger partial charge on any atom is 0.364 e. The molecule has 1 saturated heterocycles. The zero-order valence-electron chi connectivity index (χ0n) is 13.1. The summed E-state index contributed by atoms with van der Waals surface area (Å²) in [5.41, 5.74) is 0. The summed E-state index contributed by atoms with van der Waals surface area (Å²) in [5.74, 6) is -4.03. The molecule has 23 heavy (non-hydrogen) atoms. The highest BCUT2D eigenvalue weighted by Crippen LogP contribution is 2.34. The lowest BCUT2D eigenvalue weighted by molar-refractivity contribution is -0.310. The number of carbonyl (C=O) groups is 2. The lowest BCUT2D eigenvalue weighted by Gasteiger charge is -2.46. The number of nitrogens with one attached hydrogen (secondary N) is 1. The van der Waals surface area contributed by atoms with E-state index in [4.69, 9.17) is 19.3 Å². The molecule has 0 aromatic rings. The van der Waals surface area contributed by atoms with Gasteiger partial charge in [-0.2, -0.15) is 0 Å². The summed E-state index contributed by atoms with van der Waals surface area (Å²) >= 11 is 0. The Kier molecular flexibility index (Phi) is 6.86. The van der Waals surface area contributed by atoms with Gasteiger partial charge in [-0.3, -0.25) is 4.79 Å². The molecule has 0 radical (unpaired) electrons. The second-order valence-electron chi connectivity index (χ2n) is 5.30. The molecule has 10 heteroatoms. The smallest absolute Gasteiger partial charge is 0.364 e. The van der Waals surface area contributed by atoms with Gasteiger partial charge in [-0.05, 0) is 0 Å². The van der Waals surface area contributed by atoms with E-state index in [9.17, 15) is 24.9 Å². The Morgan fingerprint density at radius 3 is 2.39 bits per heavy atom. The van der Waals surface area contributed by atoms with Gasteiger partial charge >= 0.3 is 5.97 Å². The summed E-state index contributed by atoms with van der Waals surface area (Å²) in [6.07, 6.45) is -5.83. The Morgan fingerprint density at radius 1 is 1.39 bits per heavy atom. The number of aliphatic carboxylic acids is 1. The van der Waals surface area contributed by atoms with E-state index in [0.29, 0.717) is 0 Å². The number of carboxylic acid groups (broad SMARTS) is 1. The van der Waals surface area contributed by atoms with Gasteiger partial charge in [0.05, 0.1) is 12.6 Å². The van der Waals surface area contributed by atoms with Gasteiger partial charge in [0.1, 0.15) is 24.4 Å². The molecule has 0 unspecified atom stereocenters. The minimum atomic E-state index is -2.14. The molecule has 1 heterocycles. The monoisotopic (exact) mass is 337 g/mol. The number of amides is 1. The Labute approximate surface area is 133 Å². The van der Waals surface area contributed by atoms with Crippen LogP contribution in [-0.4, -0.2) is 89.4 Å². The quantitative estimate of drug-likeness (QED) is 0.337. The van der Waals surface area contributed by atoms with Gasteiger partial charge in [-0.1, -0.05) is 0 Å². The van der Waals surface area contributed by atoms with Crippen LogP contribution in [-0.2, 0) is 23.8 Å². The molecule has 1 fully saturated rings. The van der Waals surface area contributed by atoms with E-state index < -0.39 is 54.7 Å². The number of aliphatic hydroxyl groups excluding tert-OH is 3. The maximum atomic E-state index is 11.5. The molecule has 0 spiro atoms. The summed E-state index contributed by atoms with van der Waals surface area (Å²) in [5, 5.41) is 40.7. The van der Waals surface area contributed by atoms with Gasteiger partial charge in [0, 0.05) is 27.6 Å². The molecule has 6 atom stereocenters. The fourth-order valence-electron chi connectivity index (χ4n) is 2.61. The highest BCUT2D eigenvalue weighted by Gasteiger charge is 2.55. The first kappa shape index (κ1) is 19.7. The Morgan fingerprint density at radius 2 is 2.00 bits per heavy atom. The normalized spacial score (nSPS) is 33.7. The first-order valence-corrected chi connectivity index (χ1v) is 6.95. The van der Waals surface area contributed by atoms with Gasteiger partial charge in [-0.15, -0.1) is 0 Å². The van der Waals surface area contributed by atoms with Gasteiger partial charge in [-0.25, -0.2) is 4.79 Å². The first-order chi connectivity index (χ1) is 10.7. The van der Waals surface area contributed by atoms with Crippen LogP contribution in [0.25, 0.3) is 0 Å². The summed E-state index contributed by atoms with van der Waals surface area (Å²) < 4.78 is 15.5. The van der Waals surface area contributed by atoms with Crippen LogP contribution >= 0.6 is 0 Å². The molecule has 1 rings (SSSR count). The molecule has 1 aliphatic heterocycles. The van der Waals surface area contributed by atoms with E-state index in [-0.39, 0.29) is 6.42 Å². The van der Waals surface area contributed by atoms with Crippen molar-refractivity contribution in [3.63, 3.8) is 0 Å². The standard InChI is InChI=1S/C13H23NO9/c1-6(16)14-7-4-13(22-3,12(19)20)23-11(10(7)21-2)9(18)8(17)5-15/h7-11,15,17-18H,4-5H2,1-3H3,(H,14,16)(H,19,20)/t7-,8+,9+,10+,11-,13-/m0/s1. The van der Waals surface area contributed by atoms with Crippen molar-refractivity contribution in [3.05, 3.63) is 0 Å². The van der Waals surface area contributed by atoms with Crippen LogP contribution in [0.5, 0.6) is 0 Å². The largest absolute Gasteiger partial charge is 0.477 e. The SMILES string of the molecule is CO[C@H]1[C@H]([C@H](O)[C@H](O)CO)O[C@](OC)(C(=O)O)C[C@@H]1NC(C)=O. The zero-order valence-corrected chi connectivity index (χ0v) is 13.1. The summed E-state index contributed by atoms with van der Waals surface area (Å²) in [4.78, 5) is 22.9. The number of carbonyl (C=O) groups excluding carboxylic acids is 1. The molecule has 1 amide bonds. The number of hydrogen-bond acceptors (Lipinski definition) is 8. The van der Waals surface area contributed by atoms with Crippen molar-refractivity contribution in [1.29, 1.82) is 0 Å². The van der Waals surface area contributed by atoms with Crippen molar-refractivity contribution in [2.45, 2.75) is 49.6 Å². The van der Waals surface area contributed by atoms with Crippen LogP contribution in [0.3, 0.4) is 0 Å². The number of hydrogen-bond donors (Lipinski definition) is 5. The van der Waals surface area contributed by atoms with Crippen LogP contribution in [0.4, 0.5) is 0 Å². The number of methoxy groups -OCH3 is 2. The van der Waals surface area contributed by atoms with Crippen LogP contribution in [0.15, 0.2) is 0 Å². The zero-order chi connectivity index (χ0) is 17.8. The maximum absolute atomic E-state index is 11.5. The molecule has 0 bridgehead atoms. The predicted molar refractivity (Wildman–Crippen MR) is 74.4 cm³/mol. The number of rotatable bonds is 7. The molecule has 0 saturated carbocycles. The van der Waals surface area contributed by atoms with E-state index in [0.717, 1.165) is 7.11 Å². The summed E-state index contributed by atoms with van der Waals surface area (Å²) in [6.45, 7) is 0.473. The van der Waals surface area contributed by atoms with Crippen molar-refractivity contribution in [3.8, 4) is 0 Å².